The number of benzene rings is 1. The van der Waals surface area contributed by atoms with Crippen LogP contribution in [0.2, 0.25) is 0 Å². The second-order valence-corrected chi connectivity index (χ2v) is 7.76. The molecule has 1 aromatic carbocycles. The molecule has 10 heteroatoms. The van der Waals surface area contributed by atoms with Crippen LogP contribution in [0.15, 0.2) is 28.6 Å². The Bertz CT molecular complexity index is 760. The minimum atomic E-state index is -0.406. The number of hydrogen-bond donors (Lipinski definition) is 2. The molecule has 0 atom stereocenters. The maximum absolute atomic E-state index is 12.0. The highest BCUT2D eigenvalue weighted by molar-refractivity contribution is 8.01. The molecule has 0 unspecified atom stereocenters. The molecule has 0 bridgehead atoms. The molecule has 2 heterocycles. The first-order valence-corrected chi connectivity index (χ1v) is 9.90. The SMILES string of the molecule is COc1ccc(NC(=O)Nc2nnc(SCC(=O)N3CCCC3)s2)cc1. The van der Waals surface area contributed by atoms with Crippen molar-refractivity contribution in [2.24, 2.45) is 0 Å². The van der Waals surface area contributed by atoms with E-state index in [1.165, 1.54) is 23.1 Å². The third kappa shape index (κ3) is 5.09. The van der Waals surface area contributed by atoms with Crippen LogP contribution < -0.4 is 15.4 Å². The van der Waals surface area contributed by atoms with E-state index in [1.54, 1.807) is 31.4 Å². The largest absolute Gasteiger partial charge is 0.497 e. The minimum Gasteiger partial charge on any atom is -0.497 e. The number of urea groups is 1. The number of ether oxygens (including phenoxy) is 1. The summed E-state index contributed by atoms with van der Waals surface area (Å²) in [6.45, 7) is 1.68. The van der Waals surface area contributed by atoms with E-state index in [9.17, 15) is 9.59 Å². The summed E-state index contributed by atoms with van der Waals surface area (Å²) in [7, 11) is 1.58. The molecular formula is C16H19N5O3S2. The van der Waals surface area contributed by atoms with Crippen LogP contribution >= 0.6 is 23.1 Å². The van der Waals surface area contributed by atoms with Gasteiger partial charge in [-0.1, -0.05) is 23.1 Å². The fourth-order valence-corrected chi connectivity index (χ4v) is 4.08. The summed E-state index contributed by atoms with van der Waals surface area (Å²) >= 11 is 2.58. The van der Waals surface area contributed by atoms with E-state index in [1.807, 2.05) is 4.90 Å². The van der Waals surface area contributed by atoms with Crippen LogP contribution in [0.25, 0.3) is 0 Å². The third-order valence-corrected chi connectivity index (χ3v) is 5.71. The van der Waals surface area contributed by atoms with Gasteiger partial charge in [0.1, 0.15) is 5.75 Å². The van der Waals surface area contributed by atoms with Gasteiger partial charge in [0.2, 0.25) is 11.0 Å². The first-order valence-electron chi connectivity index (χ1n) is 8.10. The number of thioether (sulfide) groups is 1. The summed E-state index contributed by atoms with van der Waals surface area (Å²) in [4.78, 5) is 25.9. The highest BCUT2D eigenvalue weighted by Gasteiger charge is 2.18. The molecule has 2 N–H and O–H groups in total. The monoisotopic (exact) mass is 393 g/mol. The fourth-order valence-electron chi connectivity index (χ4n) is 2.43. The molecule has 26 heavy (non-hydrogen) atoms. The molecule has 1 aliphatic rings. The minimum absolute atomic E-state index is 0.120. The van der Waals surface area contributed by atoms with Crippen molar-refractivity contribution in [3.05, 3.63) is 24.3 Å². The van der Waals surface area contributed by atoms with E-state index in [2.05, 4.69) is 20.8 Å². The zero-order valence-corrected chi connectivity index (χ0v) is 15.9. The lowest BCUT2D eigenvalue weighted by atomic mass is 10.3. The number of nitrogens with zero attached hydrogens (tertiary/aromatic N) is 3. The van der Waals surface area contributed by atoms with Gasteiger partial charge in [0.05, 0.1) is 12.9 Å². The van der Waals surface area contributed by atoms with Gasteiger partial charge in [0.15, 0.2) is 4.34 Å². The smallest absolute Gasteiger partial charge is 0.325 e. The highest BCUT2D eigenvalue weighted by Crippen LogP contribution is 2.26. The van der Waals surface area contributed by atoms with Crippen LogP contribution in [0.3, 0.4) is 0 Å². The Morgan fingerprint density at radius 2 is 1.92 bits per heavy atom. The molecule has 1 aliphatic heterocycles. The predicted molar refractivity (Wildman–Crippen MR) is 102 cm³/mol. The van der Waals surface area contributed by atoms with Crippen molar-refractivity contribution < 1.29 is 14.3 Å². The second kappa shape index (κ2) is 8.86. The number of carbonyl (C=O) groups is 2. The zero-order valence-electron chi connectivity index (χ0n) is 14.2. The van der Waals surface area contributed by atoms with Crippen LogP contribution in [0.1, 0.15) is 12.8 Å². The summed E-state index contributed by atoms with van der Waals surface area (Å²) in [6.07, 6.45) is 2.15. The van der Waals surface area contributed by atoms with Crippen LogP contribution in [0, 0.1) is 0 Å². The Morgan fingerprint density at radius 1 is 1.19 bits per heavy atom. The number of hydrogen-bond acceptors (Lipinski definition) is 7. The molecule has 0 spiro atoms. The Kier molecular flexibility index (Phi) is 6.29. The van der Waals surface area contributed by atoms with Crippen LogP contribution in [-0.2, 0) is 4.79 Å². The molecule has 0 aliphatic carbocycles. The highest BCUT2D eigenvalue weighted by atomic mass is 32.2. The molecule has 0 radical (unpaired) electrons. The summed E-state index contributed by atoms with van der Waals surface area (Å²) in [5.74, 6) is 1.17. The summed E-state index contributed by atoms with van der Waals surface area (Å²) < 4.78 is 5.72. The standard InChI is InChI=1S/C16H19N5O3S2/c1-24-12-6-4-11(5-7-12)17-14(23)18-15-19-20-16(26-15)25-10-13(22)21-8-2-3-9-21/h4-7H,2-3,8-10H2,1H3,(H2,17,18,19,23). The number of carbonyl (C=O) groups excluding carboxylic acids is 2. The van der Waals surface area contributed by atoms with Gasteiger partial charge in [0.25, 0.3) is 0 Å². The molecule has 3 amide bonds. The van der Waals surface area contributed by atoms with E-state index < -0.39 is 6.03 Å². The van der Waals surface area contributed by atoms with Gasteiger partial charge >= 0.3 is 6.03 Å². The van der Waals surface area contributed by atoms with E-state index in [0.29, 0.717) is 26.7 Å². The van der Waals surface area contributed by atoms with E-state index in [-0.39, 0.29) is 5.91 Å². The van der Waals surface area contributed by atoms with E-state index >= 15 is 0 Å². The first kappa shape index (κ1) is 18.5. The lowest BCUT2D eigenvalue weighted by Crippen LogP contribution is -2.29. The number of nitrogens with one attached hydrogen (secondary N) is 2. The summed E-state index contributed by atoms with van der Waals surface area (Å²) in [6, 6.07) is 6.59. The summed E-state index contributed by atoms with van der Waals surface area (Å²) in [5, 5.41) is 13.7. The zero-order chi connectivity index (χ0) is 18.4. The first-order chi connectivity index (χ1) is 12.6. The molecule has 1 aromatic heterocycles. The van der Waals surface area contributed by atoms with Gasteiger partial charge in [-0.05, 0) is 37.1 Å². The molecule has 1 saturated heterocycles. The Morgan fingerprint density at radius 3 is 2.62 bits per heavy atom. The quantitative estimate of drug-likeness (QED) is 0.579. The maximum Gasteiger partial charge on any atom is 0.325 e. The molecule has 8 nitrogen and oxygen atoms in total. The predicted octanol–water partition coefficient (Wildman–Crippen LogP) is 2.91. The van der Waals surface area contributed by atoms with Crippen LogP contribution in [-0.4, -0.2) is 53.0 Å². The van der Waals surface area contributed by atoms with E-state index in [4.69, 9.17) is 4.74 Å². The fraction of sp³-hybridized carbons (Fsp3) is 0.375. The van der Waals surface area contributed by atoms with Crippen molar-refractivity contribution in [2.45, 2.75) is 17.2 Å². The normalized spacial score (nSPS) is 13.5. The molecule has 138 valence electrons. The van der Waals surface area contributed by atoms with Gasteiger partial charge in [-0.2, -0.15) is 0 Å². The summed E-state index contributed by atoms with van der Waals surface area (Å²) in [5.41, 5.74) is 0.638. The van der Waals surface area contributed by atoms with Crippen molar-refractivity contribution in [2.75, 3.05) is 36.6 Å². The van der Waals surface area contributed by atoms with Crippen molar-refractivity contribution in [1.29, 1.82) is 0 Å². The van der Waals surface area contributed by atoms with Crippen molar-refractivity contribution in [3.8, 4) is 5.75 Å². The molecule has 3 rings (SSSR count). The molecular weight excluding hydrogens is 374 g/mol. The molecule has 0 saturated carbocycles. The Balaban J connectivity index is 1.46. The van der Waals surface area contributed by atoms with E-state index in [0.717, 1.165) is 25.9 Å². The third-order valence-electron chi connectivity index (χ3n) is 3.75. The second-order valence-electron chi connectivity index (χ2n) is 5.56. The average Bonchev–Trinajstić information content (AvgIpc) is 3.32. The van der Waals surface area contributed by atoms with Gasteiger partial charge in [-0.15, -0.1) is 10.2 Å². The van der Waals surface area contributed by atoms with Crippen molar-refractivity contribution >= 4 is 45.9 Å². The number of rotatable bonds is 6. The number of aromatic nitrogens is 2. The lowest BCUT2D eigenvalue weighted by Gasteiger charge is -2.13. The topological polar surface area (TPSA) is 96.5 Å². The van der Waals surface area contributed by atoms with Crippen molar-refractivity contribution in [3.63, 3.8) is 0 Å². The lowest BCUT2D eigenvalue weighted by molar-refractivity contribution is -0.127. The number of amides is 3. The number of anilines is 2. The van der Waals surface area contributed by atoms with Crippen LogP contribution in [0.5, 0.6) is 5.75 Å². The molecule has 2 aromatic rings. The van der Waals surface area contributed by atoms with Gasteiger partial charge in [-0.25, -0.2) is 4.79 Å². The van der Waals surface area contributed by atoms with Gasteiger partial charge in [0, 0.05) is 18.8 Å². The maximum atomic E-state index is 12.0. The number of methoxy groups -OCH3 is 1. The van der Waals surface area contributed by atoms with Crippen LogP contribution in [0.4, 0.5) is 15.6 Å². The molecule has 1 fully saturated rings. The number of likely N-dealkylation sites (tertiary alicyclic amines) is 1. The average molecular weight is 393 g/mol. The Hall–Kier alpha value is -2.33. The van der Waals surface area contributed by atoms with Crippen molar-refractivity contribution in [1.82, 2.24) is 15.1 Å². The van der Waals surface area contributed by atoms with Gasteiger partial charge in [-0.3, -0.25) is 10.1 Å². The Labute approximate surface area is 159 Å². The van der Waals surface area contributed by atoms with Gasteiger partial charge < -0.3 is 15.0 Å².